The van der Waals surface area contributed by atoms with Crippen molar-refractivity contribution in [2.45, 2.75) is 19.9 Å². The zero-order chi connectivity index (χ0) is 20.3. The highest BCUT2D eigenvalue weighted by Gasteiger charge is 2.19. The highest BCUT2D eigenvalue weighted by molar-refractivity contribution is 5.94. The van der Waals surface area contributed by atoms with Crippen LogP contribution in [0.4, 0.5) is 5.69 Å². The molecule has 0 saturated heterocycles. The van der Waals surface area contributed by atoms with E-state index in [1.54, 1.807) is 25.3 Å². The van der Waals surface area contributed by atoms with Gasteiger partial charge in [0.15, 0.2) is 0 Å². The SMILES string of the molecule is COc1cccc(-c2cc(C(=O)NC(C)C)n(-c3cccc([N+](=O)[O-])c3)n2)c1. The molecule has 1 heterocycles. The Hall–Kier alpha value is -3.68. The summed E-state index contributed by atoms with van der Waals surface area (Å²) in [4.78, 5) is 23.4. The lowest BCUT2D eigenvalue weighted by molar-refractivity contribution is -0.384. The molecular weight excluding hydrogens is 360 g/mol. The summed E-state index contributed by atoms with van der Waals surface area (Å²) >= 11 is 0. The molecule has 1 aromatic heterocycles. The number of nitro groups is 1. The average molecular weight is 380 g/mol. The van der Waals surface area contributed by atoms with Gasteiger partial charge in [-0.2, -0.15) is 5.10 Å². The number of amides is 1. The fourth-order valence-electron chi connectivity index (χ4n) is 2.74. The Labute approximate surface area is 161 Å². The zero-order valence-electron chi connectivity index (χ0n) is 15.7. The summed E-state index contributed by atoms with van der Waals surface area (Å²) in [5.41, 5.74) is 1.96. The van der Waals surface area contributed by atoms with Crippen LogP contribution in [-0.2, 0) is 0 Å². The molecule has 0 fully saturated rings. The first kappa shape index (κ1) is 19.1. The van der Waals surface area contributed by atoms with Gasteiger partial charge in [0.05, 0.1) is 23.4 Å². The molecule has 8 heteroatoms. The van der Waals surface area contributed by atoms with Gasteiger partial charge in [-0.05, 0) is 38.1 Å². The number of non-ortho nitro benzene ring substituents is 1. The normalized spacial score (nSPS) is 10.7. The van der Waals surface area contributed by atoms with Gasteiger partial charge in [-0.3, -0.25) is 14.9 Å². The van der Waals surface area contributed by atoms with Crippen LogP contribution >= 0.6 is 0 Å². The van der Waals surface area contributed by atoms with E-state index in [-0.39, 0.29) is 23.3 Å². The Morgan fingerprint density at radius 2 is 1.93 bits per heavy atom. The second-order valence-electron chi connectivity index (χ2n) is 6.46. The van der Waals surface area contributed by atoms with E-state index in [1.807, 2.05) is 38.1 Å². The van der Waals surface area contributed by atoms with Gasteiger partial charge < -0.3 is 10.1 Å². The van der Waals surface area contributed by atoms with Gasteiger partial charge in [-0.15, -0.1) is 0 Å². The van der Waals surface area contributed by atoms with Crippen LogP contribution in [0.2, 0.25) is 0 Å². The minimum atomic E-state index is -0.482. The quantitative estimate of drug-likeness (QED) is 0.520. The maximum absolute atomic E-state index is 12.7. The molecule has 8 nitrogen and oxygen atoms in total. The van der Waals surface area contributed by atoms with Gasteiger partial charge in [0.25, 0.3) is 11.6 Å². The van der Waals surface area contributed by atoms with E-state index in [2.05, 4.69) is 10.4 Å². The predicted molar refractivity (Wildman–Crippen MR) is 105 cm³/mol. The largest absolute Gasteiger partial charge is 0.497 e. The molecule has 0 aliphatic carbocycles. The lowest BCUT2D eigenvalue weighted by Crippen LogP contribution is -2.31. The first-order chi connectivity index (χ1) is 13.4. The minimum absolute atomic E-state index is 0.0683. The van der Waals surface area contributed by atoms with Gasteiger partial charge in [0, 0.05) is 23.7 Å². The van der Waals surface area contributed by atoms with E-state index in [4.69, 9.17) is 4.74 Å². The van der Waals surface area contributed by atoms with E-state index in [1.165, 1.54) is 16.8 Å². The number of methoxy groups -OCH3 is 1. The van der Waals surface area contributed by atoms with Crippen molar-refractivity contribution >= 4 is 11.6 Å². The summed E-state index contributed by atoms with van der Waals surface area (Å²) in [6.07, 6.45) is 0. The first-order valence-electron chi connectivity index (χ1n) is 8.69. The molecule has 2 aromatic carbocycles. The smallest absolute Gasteiger partial charge is 0.271 e. The zero-order valence-corrected chi connectivity index (χ0v) is 15.7. The number of nitrogens with one attached hydrogen (secondary N) is 1. The van der Waals surface area contributed by atoms with Gasteiger partial charge in [0.2, 0.25) is 0 Å². The Morgan fingerprint density at radius 3 is 2.61 bits per heavy atom. The number of hydrogen-bond acceptors (Lipinski definition) is 5. The topological polar surface area (TPSA) is 99.3 Å². The van der Waals surface area contributed by atoms with Crippen molar-refractivity contribution in [2.75, 3.05) is 7.11 Å². The molecule has 0 saturated carbocycles. The van der Waals surface area contributed by atoms with Crippen LogP contribution in [0.1, 0.15) is 24.3 Å². The number of benzene rings is 2. The number of hydrogen-bond donors (Lipinski definition) is 1. The predicted octanol–water partition coefficient (Wildman–Crippen LogP) is 3.59. The van der Waals surface area contributed by atoms with Crippen LogP contribution in [0.15, 0.2) is 54.6 Å². The van der Waals surface area contributed by atoms with Crippen LogP contribution in [0.5, 0.6) is 5.75 Å². The number of aromatic nitrogens is 2. The molecule has 0 spiro atoms. The molecule has 1 N–H and O–H groups in total. The number of carbonyl (C=O) groups excluding carboxylic acids is 1. The molecule has 0 bridgehead atoms. The third-order valence-corrected chi connectivity index (χ3v) is 4.01. The van der Waals surface area contributed by atoms with Crippen molar-refractivity contribution in [3.05, 3.63) is 70.4 Å². The fourth-order valence-corrected chi connectivity index (χ4v) is 2.74. The number of nitrogens with zero attached hydrogens (tertiary/aromatic N) is 3. The number of carbonyl (C=O) groups is 1. The van der Waals surface area contributed by atoms with E-state index in [0.717, 1.165) is 5.56 Å². The Balaban J connectivity index is 2.14. The molecule has 144 valence electrons. The highest BCUT2D eigenvalue weighted by atomic mass is 16.6. The number of ether oxygens (including phenoxy) is 1. The van der Waals surface area contributed by atoms with Crippen molar-refractivity contribution in [1.29, 1.82) is 0 Å². The van der Waals surface area contributed by atoms with Crippen molar-refractivity contribution in [3.8, 4) is 22.7 Å². The van der Waals surface area contributed by atoms with Gasteiger partial charge in [0.1, 0.15) is 11.4 Å². The van der Waals surface area contributed by atoms with Crippen molar-refractivity contribution in [2.24, 2.45) is 0 Å². The van der Waals surface area contributed by atoms with Crippen LogP contribution in [-0.4, -0.2) is 33.8 Å². The lowest BCUT2D eigenvalue weighted by atomic mass is 10.1. The van der Waals surface area contributed by atoms with Crippen LogP contribution in [0.25, 0.3) is 16.9 Å². The van der Waals surface area contributed by atoms with Crippen LogP contribution in [0.3, 0.4) is 0 Å². The monoisotopic (exact) mass is 380 g/mol. The summed E-state index contributed by atoms with van der Waals surface area (Å²) in [5.74, 6) is 0.346. The maximum Gasteiger partial charge on any atom is 0.271 e. The van der Waals surface area contributed by atoms with E-state index in [9.17, 15) is 14.9 Å². The summed E-state index contributed by atoms with van der Waals surface area (Å²) in [6.45, 7) is 3.71. The van der Waals surface area contributed by atoms with E-state index >= 15 is 0 Å². The van der Waals surface area contributed by atoms with Crippen molar-refractivity contribution in [3.63, 3.8) is 0 Å². The lowest BCUT2D eigenvalue weighted by Gasteiger charge is -2.10. The molecule has 0 unspecified atom stereocenters. The Kier molecular flexibility index (Phi) is 5.39. The molecule has 0 radical (unpaired) electrons. The molecule has 3 rings (SSSR count). The first-order valence-corrected chi connectivity index (χ1v) is 8.69. The minimum Gasteiger partial charge on any atom is -0.497 e. The Bertz CT molecular complexity index is 1030. The maximum atomic E-state index is 12.7. The third-order valence-electron chi connectivity index (χ3n) is 4.01. The average Bonchev–Trinajstić information content (AvgIpc) is 3.13. The summed E-state index contributed by atoms with van der Waals surface area (Å²) in [5, 5.41) is 18.5. The van der Waals surface area contributed by atoms with Gasteiger partial charge in [-0.25, -0.2) is 4.68 Å². The van der Waals surface area contributed by atoms with Crippen molar-refractivity contribution < 1.29 is 14.5 Å². The standard InChI is InChI=1S/C20H20N4O4/c1-13(2)21-20(25)19-12-18(14-6-4-9-17(10-14)28-3)22-23(19)15-7-5-8-16(11-15)24(26)27/h4-13H,1-3H3,(H,21,25). The summed E-state index contributed by atoms with van der Waals surface area (Å²) in [7, 11) is 1.57. The highest BCUT2D eigenvalue weighted by Crippen LogP contribution is 2.26. The fraction of sp³-hybridized carbons (Fsp3) is 0.200. The second-order valence-corrected chi connectivity index (χ2v) is 6.46. The molecule has 1 amide bonds. The summed E-state index contributed by atoms with van der Waals surface area (Å²) < 4.78 is 6.67. The number of nitro benzene ring substituents is 1. The number of rotatable bonds is 6. The molecule has 0 atom stereocenters. The van der Waals surface area contributed by atoms with E-state index < -0.39 is 4.92 Å². The van der Waals surface area contributed by atoms with E-state index in [0.29, 0.717) is 17.1 Å². The third kappa shape index (κ3) is 4.01. The summed E-state index contributed by atoms with van der Waals surface area (Å²) in [6, 6.07) is 14.9. The van der Waals surface area contributed by atoms with Crippen molar-refractivity contribution in [1.82, 2.24) is 15.1 Å². The Morgan fingerprint density at radius 1 is 1.18 bits per heavy atom. The molecule has 0 aliphatic heterocycles. The molecular formula is C20H20N4O4. The molecule has 0 aliphatic rings. The molecule has 28 heavy (non-hydrogen) atoms. The van der Waals surface area contributed by atoms with Crippen LogP contribution < -0.4 is 10.1 Å². The second kappa shape index (κ2) is 7.91. The molecule has 3 aromatic rings. The van der Waals surface area contributed by atoms with Gasteiger partial charge in [-0.1, -0.05) is 18.2 Å². The van der Waals surface area contributed by atoms with Crippen LogP contribution in [0, 0.1) is 10.1 Å². The van der Waals surface area contributed by atoms with Gasteiger partial charge >= 0.3 is 0 Å².